The Morgan fingerprint density at radius 3 is 3.00 bits per heavy atom. The quantitative estimate of drug-likeness (QED) is 0.508. The van der Waals surface area contributed by atoms with E-state index in [9.17, 15) is 4.39 Å². The fourth-order valence-electron chi connectivity index (χ4n) is 0.735. The second-order valence-electron chi connectivity index (χ2n) is 2.08. The molecular weight excluding hydrogens is 151 g/mol. The molecule has 0 bridgehead atoms. The van der Waals surface area contributed by atoms with Gasteiger partial charge in [-0.3, -0.25) is 0 Å². The van der Waals surface area contributed by atoms with Crippen molar-refractivity contribution < 1.29 is 4.39 Å². The van der Waals surface area contributed by atoms with Crippen LogP contribution < -0.4 is 0 Å². The van der Waals surface area contributed by atoms with E-state index in [4.69, 9.17) is 11.6 Å². The smallest absolute Gasteiger partial charge is 0.100 e. The van der Waals surface area contributed by atoms with Gasteiger partial charge < -0.3 is 0 Å². The van der Waals surface area contributed by atoms with Crippen molar-refractivity contribution in [2.24, 2.45) is 0 Å². The largest absolute Gasteiger partial charge is 0.212 e. The zero-order valence-electron chi connectivity index (χ0n) is 5.48. The van der Waals surface area contributed by atoms with Gasteiger partial charge in [-0.2, -0.15) is 0 Å². The van der Waals surface area contributed by atoms with Gasteiger partial charge >= 0.3 is 0 Å². The van der Waals surface area contributed by atoms with E-state index in [1.165, 1.54) is 6.08 Å². The number of hydrogen-bond donors (Lipinski definition) is 0. The number of rotatable bonds is 0. The molecule has 0 N–H and O–H groups in total. The highest BCUT2D eigenvalue weighted by atomic mass is 35.5. The minimum Gasteiger partial charge on any atom is -0.212 e. The first kappa shape index (κ1) is 7.55. The Kier molecular flexibility index (Phi) is 2.69. The van der Waals surface area contributed by atoms with Crippen LogP contribution in [0.3, 0.4) is 0 Å². The molecule has 1 rings (SSSR count). The molecule has 2 heteroatoms. The highest BCUT2D eigenvalue weighted by Crippen LogP contribution is 2.13. The van der Waals surface area contributed by atoms with Gasteiger partial charge in [0, 0.05) is 11.5 Å². The van der Waals surface area contributed by atoms with E-state index in [0.29, 0.717) is 17.9 Å². The monoisotopic (exact) mass is 158 g/mol. The van der Waals surface area contributed by atoms with Crippen LogP contribution in [0.4, 0.5) is 4.39 Å². The summed E-state index contributed by atoms with van der Waals surface area (Å²) >= 11 is 5.66. The lowest BCUT2D eigenvalue weighted by molar-refractivity contribution is 0.613. The summed E-state index contributed by atoms with van der Waals surface area (Å²) in [6, 6.07) is 0. The second-order valence-corrected chi connectivity index (χ2v) is 2.52. The first-order valence-corrected chi connectivity index (χ1v) is 3.53. The van der Waals surface area contributed by atoms with E-state index in [0.717, 1.165) is 0 Å². The first-order valence-electron chi connectivity index (χ1n) is 3.16. The predicted octanol–water partition coefficient (Wildman–Crippen LogP) is 3.31. The zero-order valence-corrected chi connectivity index (χ0v) is 6.24. The van der Waals surface area contributed by atoms with Crippen molar-refractivity contribution >= 4 is 11.6 Å². The molecule has 0 nitrogen and oxygen atoms in total. The molecule has 54 valence electrons. The van der Waals surface area contributed by atoms with Gasteiger partial charge in [0.25, 0.3) is 0 Å². The van der Waals surface area contributed by atoms with Crippen LogP contribution in [-0.2, 0) is 0 Å². The summed E-state index contributed by atoms with van der Waals surface area (Å²) in [7, 11) is 0. The summed E-state index contributed by atoms with van der Waals surface area (Å²) in [5.41, 5.74) is 0. The standard InChI is InChI=1S/C8H8ClF/c9-7-3-1-5-8(10)6-2-4-7/h1,3-4,6H,2,5H2/b3-1?,7-4+,8-6+. The van der Waals surface area contributed by atoms with Crippen molar-refractivity contribution in [2.45, 2.75) is 12.8 Å². The summed E-state index contributed by atoms with van der Waals surface area (Å²) in [5.74, 6) is -0.0864. The van der Waals surface area contributed by atoms with Crippen LogP contribution in [0.15, 0.2) is 35.2 Å². The van der Waals surface area contributed by atoms with Crippen molar-refractivity contribution in [1.29, 1.82) is 0 Å². The van der Waals surface area contributed by atoms with E-state index in [2.05, 4.69) is 0 Å². The Bertz CT molecular complexity index is 201. The summed E-state index contributed by atoms with van der Waals surface area (Å²) in [4.78, 5) is 0. The summed E-state index contributed by atoms with van der Waals surface area (Å²) in [6.07, 6.45) is 7.69. The van der Waals surface area contributed by atoms with Crippen molar-refractivity contribution in [1.82, 2.24) is 0 Å². The van der Waals surface area contributed by atoms with Gasteiger partial charge in [0.05, 0.1) is 0 Å². The van der Waals surface area contributed by atoms with E-state index < -0.39 is 0 Å². The maximum atomic E-state index is 12.5. The van der Waals surface area contributed by atoms with E-state index >= 15 is 0 Å². The normalized spacial score (nSPS) is 29.4. The van der Waals surface area contributed by atoms with Crippen LogP contribution in [0.5, 0.6) is 0 Å². The van der Waals surface area contributed by atoms with Crippen LogP contribution >= 0.6 is 11.6 Å². The average molecular weight is 159 g/mol. The molecule has 0 aromatic carbocycles. The summed E-state index contributed by atoms with van der Waals surface area (Å²) in [5, 5.41) is 0.684. The van der Waals surface area contributed by atoms with Crippen molar-refractivity contribution in [2.75, 3.05) is 0 Å². The van der Waals surface area contributed by atoms with Crippen LogP contribution in [0.25, 0.3) is 0 Å². The van der Waals surface area contributed by atoms with Gasteiger partial charge in [-0.15, -0.1) is 0 Å². The van der Waals surface area contributed by atoms with Gasteiger partial charge in [-0.05, 0) is 18.6 Å². The van der Waals surface area contributed by atoms with Crippen molar-refractivity contribution in [3.63, 3.8) is 0 Å². The van der Waals surface area contributed by atoms with Crippen LogP contribution in [0, 0.1) is 0 Å². The Morgan fingerprint density at radius 1 is 1.40 bits per heavy atom. The lowest BCUT2D eigenvalue weighted by Gasteiger charge is -1.94. The summed E-state index contributed by atoms with van der Waals surface area (Å²) in [6.45, 7) is 0. The number of halogens is 2. The molecule has 0 spiro atoms. The third-order valence-electron chi connectivity index (χ3n) is 1.24. The third kappa shape index (κ3) is 2.36. The fourth-order valence-corrected chi connectivity index (χ4v) is 0.913. The Balaban J connectivity index is 2.70. The molecule has 0 atom stereocenters. The predicted molar refractivity (Wildman–Crippen MR) is 41.5 cm³/mol. The number of hydrogen-bond acceptors (Lipinski definition) is 0. The Hall–Kier alpha value is -0.560. The van der Waals surface area contributed by atoms with Gasteiger partial charge in [0.1, 0.15) is 5.83 Å². The molecule has 0 fully saturated rings. The fraction of sp³-hybridized carbons (Fsp3) is 0.250. The topological polar surface area (TPSA) is 0 Å². The molecule has 1 aliphatic carbocycles. The van der Waals surface area contributed by atoms with Gasteiger partial charge in [0.2, 0.25) is 0 Å². The molecule has 0 aromatic heterocycles. The van der Waals surface area contributed by atoms with Crippen molar-refractivity contribution in [3.8, 4) is 0 Å². The number of allylic oxidation sites excluding steroid dienone is 6. The maximum absolute atomic E-state index is 12.5. The minimum absolute atomic E-state index is 0.0864. The first-order chi connectivity index (χ1) is 4.79. The average Bonchev–Trinajstić information content (AvgIpc) is 1.84. The minimum atomic E-state index is -0.0864. The van der Waals surface area contributed by atoms with Crippen LogP contribution in [0.1, 0.15) is 12.8 Å². The molecule has 0 aliphatic heterocycles. The third-order valence-corrected chi connectivity index (χ3v) is 1.52. The Morgan fingerprint density at radius 2 is 2.20 bits per heavy atom. The SMILES string of the molecule is F/C1=C/C/C=C(/Cl)C=CC1. The second kappa shape index (κ2) is 3.57. The molecular formula is C8H8ClF. The molecule has 0 amide bonds. The van der Waals surface area contributed by atoms with Gasteiger partial charge in [0.15, 0.2) is 0 Å². The van der Waals surface area contributed by atoms with E-state index in [1.54, 1.807) is 18.2 Å². The maximum Gasteiger partial charge on any atom is 0.100 e. The van der Waals surface area contributed by atoms with Crippen molar-refractivity contribution in [3.05, 3.63) is 35.2 Å². The molecule has 0 aromatic rings. The lowest BCUT2D eigenvalue weighted by atomic mass is 10.2. The zero-order chi connectivity index (χ0) is 7.40. The van der Waals surface area contributed by atoms with Crippen LogP contribution in [-0.4, -0.2) is 0 Å². The highest BCUT2D eigenvalue weighted by Gasteiger charge is 1.93. The highest BCUT2D eigenvalue weighted by molar-refractivity contribution is 6.31. The molecule has 0 saturated carbocycles. The molecule has 0 saturated heterocycles. The molecule has 10 heavy (non-hydrogen) atoms. The lowest BCUT2D eigenvalue weighted by Crippen LogP contribution is -1.75. The molecule has 0 heterocycles. The van der Waals surface area contributed by atoms with Gasteiger partial charge in [-0.25, -0.2) is 4.39 Å². The van der Waals surface area contributed by atoms with Gasteiger partial charge in [-0.1, -0.05) is 23.8 Å². The van der Waals surface area contributed by atoms with Crippen LogP contribution in [0.2, 0.25) is 0 Å². The Labute approximate surface area is 64.7 Å². The molecule has 0 unspecified atom stereocenters. The van der Waals surface area contributed by atoms with E-state index in [1.807, 2.05) is 0 Å². The molecule has 0 radical (unpaired) electrons. The molecule has 1 aliphatic rings. The summed E-state index contributed by atoms with van der Waals surface area (Å²) < 4.78 is 12.5. The van der Waals surface area contributed by atoms with E-state index in [-0.39, 0.29) is 5.83 Å².